The summed E-state index contributed by atoms with van der Waals surface area (Å²) in [6.07, 6.45) is -2.43. The molecule has 0 radical (unpaired) electrons. The Morgan fingerprint density at radius 3 is 2.74 bits per heavy atom. The van der Waals surface area contributed by atoms with Gasteiger partial charge >= 0.3 is 6.18 Å². The number of nitrogens with one attached hydrogen (secondary N) is 1. The van der Waals surface area contributed by atoms with Crippen LogP contribution in [0.1, 0.15) is 36.5 Å². The maximum atomic E-state index is 13.3. The van der Waals surface area contributed by atoms with Gasteiger partial charge in [-0.15, -0.1) is 0 Å². The van der Waals surface area contributed by atoms with Crippen LogP contribution < -0.4 is 4.72 Å². The highest BCUT2D eigenvalue weighted by atomic mass is 32.2. The molecule has 1 atom stereocenters. The second-order valence-electron chi connectivity index (χ2n) is 6.42. The maximum Gasteiger partial charge on any atom is 0.416 e. The molecule has 3 rings (SSSR count). The first-order valence-electron chi connectivity index (χ1n) is 7.62. The van der Waals surface area contributed by atoms with E-state index in [4.69, 9.17) is 0 Å². The average molecular weight is 348 g/mol. The van der Waals surface area contributed by atoms with Crippen molar-refractivity contribution in [1.82, 2.24) is 9.62 Å². The van der Waals surface area contributed by atoms with Gasteiger partial charge in [0, 0.05) is 19.6 Å². The van der Waals surface area contributed by atoms with Crippen LogP contribution in [0.15, 0.2) is 17.0 Å². The normalized spacial score (nSPS) is 24.6. The SMILES string of the molecule is C[C@H]1CCCN(Cc2cc(C(F)(F)F)c3c(c2)S(=O)(=O)NC3)C1. The Morgan fingerprint density at radius 2 is 2.09 bits per heavy atom. The maximum absolute atomic E-state index is 13.3. The standard InChI is InChI=1S/C15H19F3N2O2S/c1-10-3-2-4-20(8-10)9-11-5-13(15(16,17)18)12-7-19-23(21,22)14(12)6-11/h5-6,10,19H,2-4,7-9H2,1H3/t10-/m0/s1. The van der Waals surface area contributed by atoms with Crippen LogP contribution in [0.2, 0.25) is 0 Å². The molecule has 2 aliphatic rings. The Labute approximate surface area is 133 Å². The minimum atomic E-state index is -4.56. The molecule has 0 unspecified atom stereocenters. The number of hydrogen-bond acceptors (Lipinski definition) is 3. The second-order valence-corrected chi connectivity index (χ2v) is 8.16. The minimum Gasteiger partial charge on any atom is -0.299 e. The van der Waals surface area contributed by atoms with Gasteiger partial charge in [-0.2, -0.15) is 13.2 Å². The zero-order chi connectivity index (χ0) is 16.8. The summed E-state index contributed by atoms with van der Waals surface area (Å²) in [7, 11) is -3.83. The lowest BCUT2D eigenvalue weighted by molar-refractivity contribution is -0.138. The molecule has 0 saturated carbocycles. The van der Waals surface area contributed by atoms with Gasteiger partial charge in [0.25, 0.3) is 0 Å². The first-order chi connectivity index (χ1) is 10.7. The third-order valence-corrected chi connectivity index (χ3v) is 5.92. The number of sulfonamides is 1. The van der Waals surface area contributed by atoms with Crippen LogP contribution in [0, 0.1) is 5.92 Å². The van der Waals surface area contributed by atoms with Crippen molar-refractivity contribution in [2.24, 2.45) is 5.92 Å². The van der Waals surface area contributed by atoms with Gasteiger partial charge in [0.05, 0.1) is 10.5 Å². The van der Waals surface area contributed by atoms with E-state index in [9.17, 15) is 21.6 Å². The predicted octanol–water partition coefficient (Wildman–Crippen LogP) is 2.73. The van der Waals surface area contributed by atoms with Crippen molar-refractivity contribution in [1.29, 1.82) is 0 Å². The summed E-state index contributed by atoms with van der Waals surface area (Å²) in [5.74, 6) is 0.505. The van der Waals surface area contributed by atoms with E-state index in [1.807, 2.05) is 0 Å². The molecule has 0 aliphatic carbocycles. The quantitative estimate of drug-likeness (QED) is 0.894. The first-order valence-corrected chi connectivity index (χ1v) is 9.10. The molecule has 1 saturated heterocycles. The van der Waals surface area contributed by atoms with E-state index in [1.54, 1.807) is 0 Å². The van der Waals surface area contributed by atoms with Crippen LogP contribution in [-0.2, 0) is 29.3 Å². The summed E-state index contributed by atoms with van der Waals surface area (Å²) in [5, 5.41) is 0. The van der Waals surface area contributed by atoms with Gasteiger partial charge < -0.3 is 0 Å². The molecule has 1 aromatic rings. The van der Waals surface area contributed by atoms with Crippen LogP contribution in [-0.4, -0.2) is 26.4 Å². The lowest BCUT2D eigenvalue weighted by Gasteiger charge is -2.31. The van der Waals surface area contributed by atoms with Gasteiger partial charge in [0.1, 0.15) is 0 Å². The number of benzene rings is 1. The summed E-state index contributed by atoms with van der Waals surface area (Å²) in [4.78, 5) is 1.86. The lowest BCUT2D eigenvalue weighted by atomic mass is 9.98. The van der Waals surface area contributed by atoms with Gasteiger partial charge in [-0.1, -0.05) is 6.92 Å². The minimum absolute atomic E-state index is 0.173. The van der Waals surface area contributed by atoms with E-state index in [0.29, 0.717) is 18.0 Å². The average Bonchev–Trinajstić information content (AvgIpc) is 2.73. The molecule has 128 valence electrons. The van der Waals surface area contributed by atoms with E-state index < -0.39 is 21.8 Å². The number of likely N-dealkylation sites (tertiary alicyclic amines) is 1. The lowest BCUT2D eigenvalue weighted by Crippen LogP contribution is -2.33. The molecule has 0 aromatic heterocycles. The molecule has 1 aromatic carbocycles. The zero-order valence-corrected chi connectivity index (χ0v) is 13.6. The van der Waals surface area contributed by atoms with Crippen LogP contribution in [0.3, 0.4) is 0 Å². The molecule has 1 N–H and O–H groups in total. The van der Waals surface area contributed by atoms with E-state index in [-0.39, 0.29) is 17.0 Å². The van der Waals surface area contributed by atoms with Gasteiger partial charge in [-0.25, -0.2) is 13.1 Å². The molecule has 0 spiro atoms. The number of nitrogens with zero attached hydrogens (tertiary/aromatic N) is 1. The zero-order valence-electron chi connectivity index (χ0n) is 12.8. The van der Waals surface area contributed by atoms with E-state index in [0.717, 1.165) is 32.0 Å². The number of fused-ring (bicyclic) bond motifs is 1. The predicted molar refractivity (Wildman–Crippen MR) is 79.1 cm³/mol. The molecule has 0 bridgehead atoms. The van der Waals surface area contributed by atoms with Crippen molar-refractivity contribution in [2.45, 2.75) is 43.9 Å². The largest absolute Gasteiger partial charge is 0.416 e. The van der Waals surface area contributed by atoms with Crippen LogP contribution in [0.25, 0.3) is 0 Å². The van der Waals surface area contributed by atoms with E-state index in [2.05, 4.69) is 16.5 Å². The molecule has 4 nitrogen and oxygen atoms in total. The highest BCUT2D eigenvalue weighted by molar-refractivity contribution is 7.89. The molecule has 8 heteroatoms. The van der Waals surface area contributed by atoms with Crippen LogP contribution >= 0.6 is 0 Å². The summed E-state index contributed by atoms with van der Waals surface area (Å²) in [5.41, 5.74) is -0.616. The number of piperidine rings is 1. The highest BCUT2D eigenvalue weighted by Gasteiger charge is 2.39. The molecule has 23 heavy (non-hydrogen) atoms. The number of alkyl halides is 3. The molecule has 0 amide bonds. The first kappa shape index (κ1) is 16.7. The summed E-state index contributed by atoms with van der Waals surface area (Å²) < 4.78 is 65.9. The van der Waals surface area contributed by atoms with Crippen molar-refractivity contribution in [3.05, 3.63) is 28.8 Å². The van der Waals surface area contributed by atoms with Gasteiger partial charge in [0.15, 0.2) is 0 Å². The van der Waals surface area contributed by atoms with Crippen LogP contribution in [0.5, 0.6) is 0 Å². The fourth-order valence-corrected chi connectivity index (χ4v) is 4.71. The summed E-state index contributed by atoms with van der Waals surface area (Å²) in [6.45, 7) is 3.81. The topological polar surface area (TPSA) is 49.4 Å². The van der Waals surface area contributed by atoms with Crippen molar-refractivity contribution in [2.75, 3.05) is 13.1 Å². The summed E-state index contributed by atoms with van der Waals surface area (Å²) >= 11 is 0. The molecule has 2 aliphatic heterocycles. The molecule has 1 fully saturated rings. The molecular formula is C15H19F3N2O2S. The van der Waals surface area contributed by atoms with Gasteiger partial charge in [-0.05, 0) is 48.6 Å². The number of rotatable bonds is 2. The molecule has 2 heterocycles. The molecular weight excluding hydrogens is 329 g/mol. The second kappa shape index (κ2) is 5.75. The smallest absolute Gasteiger partial charge is 0.299 e. The third kappa shape index (κ3) is 3.39. The number of hydrogen-bond donors (Lipinski definition) is 1. The monoisotopic (exact) mass is 348 g/mol. The van der Waals surface area contributed by atoms with Crippen molar-refractivity contribution in [3.8, 4) is 0 Å². The Morgan fingerprint density at radius 1 is 1.35 bits per heavy atom. The van der Waals surface area contributed by atoms with E-state index in [1.165, 1.54) is 6.07 Å². The highest BCUT2D eigenvalue weighted by Crippen LogP contribution is 2.38. The fourth-order valence-electron chi connectivity index (χ4n) is 3.40. The third-order valence-electron chi connectivity index (χ3n) is 4.45. The number of halogens is 3. The Kier molecular flexibility index (Phi) is 4.18. The fraction of sp³-hybridized carbons (Fsp3) is 0.600. The Bertz CT molecular complexity index is 716. The van der Waals surface area contributed by atoms with Gasteiger partial charge in [-0.3, -0.25) is 4.90 Å². The van der Waals surface area contributed by atoms with Gasteiger partial charge in [0.2, 0.25) is 10.0 Å². The van der Waals surface area contributed by atoms with Crippen molar-refractivity contribution >= 4 is 10.0 Å². The van der Waals surface area contributed by atoms with Crippen LogP contribution in [0.4, 0.5) is 13.2 Å². The van der Waals surface area contributed by atoms with E-state index >= 15 is 0 Å². The van der Waals surface area contributed by atoms with Crippen molar-refractivity contribution in [3.63, 3.8) is 0 Å². The summed E-state index contributed by atoms with van der Waals surface area (Å²) in [6, 6.07) is 2.49. The Balaban J connectivity index is 1.99. The Hall–Kier alpha value is -1.12. The van der Waals surface area contributed by atoms with Crippen molar-refractivity contribution < 1.29 is 21.6 Å².